The van der Waals surface area contributed by atoms with Crippen LogP contribution in [0.4, 0.5) is 0 Å². The first-order valence-electron chi connectivity index (χ1n) is 9.69. The lowest BCUT2D eigenvalue weighted by molar-refractivity contribution is -0.126. The lowest BCUT2D eigenvalue weighted by Crippen LogP contribution is -2.34. The molecule has 1 aromatic heterocycles. The van der Waals surface area contributed by atoms with E-state index in [0.29, 0.717) is 18.8 Å². The second-order valence-electron chi connectivity index (χ2n) is 7.07. The molecule has 30 heavy (non-hydrogen) atoms. The van der Waals surface area contributed by atoms with E-state index in [-0.39, 0.29) is 12.7 Å². The van der Waals surface area contributed by atoms with Crippen LogP contribution in [0.5, 0.6) is 17.2 Å². The summed E-state index contributed by atoms with van der Waals surface area (Å²) in [5.74, 6) is 2.27. The smallest absolute Gasteiger partial charge is 0.246 e. The van der Waals surface area contributed by atoms with Crippen LogP contribution >= 0.6 is 11.3 Å². The molecule has 3 aromatic rings. The lowest BCUT2D eigenvalue weighted by Gasteiger charge is -2.24. The average molecular weight is 420 g/mol. The second kappa shape index (κ2) is 7.84. The largest absolute Gasteiger partial charge is 0.497 e. The van der Waals surface area contributed by atoms with Gasteiger partial charge in [-0.25, -0.2) is 4.98 Å². The van der Waals surface area contributed by atoms with Crippen molar-refractivity contribution < 1.29 is 19.0 Å². The summed E-state index contributed by atoms with van der Waals surface area (Å²) in [5.41, 5.74) is 3.07. The molecule has 2 aromatic carbocycles. The van der Waals surface area contributed by atoms with Gasteiger partial charge in [0.25, 0.3) is 0 Å². The van der Waals surface area contributed by atoms with E-state index >= 15 is 0 Å². The monoisotopic (exact) mass is 420 g/mol. The van der Waals surface area contributed by atoms with Crippen LogP contribution in [0.15, 0.2) is 48.5 Å². The second-order valence-corrected chi connectivity index (χ2v) is 8.16. The van der Waals surface area contributed by atoms with Crippen LogP contribution in [0, 0.1) is 0 Å². The lowest BCUT2D eigenvalue weighted by atomic mass is 10.1. The number of hydrogen-bond donors (Lipinski definition) is 0. The van der Waals surface area contributed by atoms with Gasteiger partial charge < -0.3 is 19.1 Å². The van der Waals surface area contributed by atoms with E-state index in [1.54, 1.807) is 24.5 Å². The van der Waals surface area contributed by atoms with Gasteiger partial charge in [0.15, 0.2) is 11.5 Å². The van der Waals surface area contributed by atoms with Gasteiger partial charge in [-0.3, -0.25) is 4.79 Å². The highest BCUT2D eigenvalue weighted by Gasteiger charge is 2.23. The Morgan fingerprint density at radius 1 is 1.17 bits per heavy atom. The van der Waals surface area contributed by atoms with Gasteiger partial charge in [-0.05, 0) is 48.0 Å². The molecular formula is C23H20N2O4S. The molecule has 0 bridgehead atoms. The quantitative estimate of drug-likeness (QED) is 0.594. The molecule has 5 rings (SSSR count). The minimum absolute atomic E-state index is 0.00212. The highest BCUT2D eigenvalue weighted by Crippen LogP contribution is 2.34. The fourth-order valence-electron chi connectivity index (χ4n) is 3.53. The first-order valence-corrected chi connectivity index (χ1v) is 10.5. The molecular weight excluding hydrogens is 400 g/mol. The standard InChI is InChI=1S/C23H20N2O4S/c1-27-17-6-4-16(5-7-17)23-24-18-10-11-25(13-21(18)30-23)22(26)9-3-15-2-8-19-20(12-15)29-14-28-19/h2-9,12H,10-11,13-14H2,1H3/b9-3+. The van der Waals surface area contributed by atoms with Crippen LogP contribution < -0.4 is 14.2 Å². The van der Waals surface area contributed by atoms with Gasteiger partial charge in [-0.15, -0.1) is 11.3 Å². The molecule has 0 radical (unpaired) electrons. The zero-order valence-electron chi connectivity index (χ0n) is 16.5. The van der Waals surface area contributed by atoms with Gasteiger partial charge in [0.1, 0.15) is 10.8 Å². The molecule has 0 spiro atoms. The number of nitrogens with zero attached hydrogens (tertiary/aromatic N) is 2. The van der Waals surface area contributed by atoms with Gasteiger partial charge in [0, 0.05) is 29.5 Å². The van der Waals surface area contributed by atoms with Crippen molar-refractivity contribution in [2.24, 2.45) is 0 Å². The molecule has 0 saturated heterocycles. The third kappa shape index (κ3) is 3.64. The number of benzene rings is 2. The molecule has 0 N–H and O–H groups in total. The number of ether oxygens (including phenoxy) is 3. The number of aromatic nitrogens is 1. The summed E-state index contributed by atoms with van der Waals surface area (Å²) >= 11 is 1.65. The Hall–Kier alpha value is -3.32. The Balaban J connectivity index is 1.28. The highest BCUT2D eigenvalue weighted by molar-refractivity contribution is 7.15. The Morgan fingerprint density at radius 3 is 2.83 bits per heavy atom. The number of methoxy groups -OCH3 is 1. The van der Waals surface area contributed by atoms with E-state index in [4.69, 9.17) is 19.2 Å². The van der Waals surface area contributed by atoms with Crippen LogP contribution in [-0.4, -0.2) is 36.2 Å². The van der Waals surface area contributed by atoms with Crippen molar-refractivity contribution in [3.8, 4) is 27.8 Å². The summed E-state index contributed by atoms with van der Waals surface area (Å²) in [5, 5.41) is 0.979. The maximum Gasteiger partial charge on any atom is 0.246 e. The Labute approximate surface area is 178 Å². The number of fused-ring (bicyclic) bond motifs is 2. The number of carbonyl (C=O) groups excluding carboxylic acids is 1. The molecule has 3 heterocycles. The summed E-state index contributed by atoms with van der Waals surface area (Å²) in [6, 6.07) is 13.6. The molecule has 0 aliphatic carbocycles. The van der Waals surface area contributed by atoms with Gasteiger partial charge >= 0.3 is 0 Å². The van der Waals surface area contributed by atoms with E-state index in [2.05, 4.69) is 0 Å². The predicted octanol–water partition coefficient (Wildman–Crippen LogP) is 4.15. The summed E-state index contributed by atoms with van der Waals surface area (Å²) in [7, 11) is 1.66. The van der Waals surface area contributed by atoms with Gasteiger partial charge in [-0.1, -0.05) is 6.07 Å². The van der Waals surface area contributed by atoms with Gasteiger partial charge in [0.05, 0.1) is 19.3 Å². The minimum atomic E-state index is -0.00212. The van der Waals surface area contributed by atoms with Crippen molar-refractivity contribution in [1.82, 2.24) is 9.88 Å². The van der Waals surface area contributed by atoms with E-state index < -0.39 is 0 Å². The summed E-state index contributed by atoms with van der Waals surface area (Å²) < 4.78 is 15.9. The zero-order chi connectivity index (χ0) is 20.5. The van der Waals surface area contributed by atoms with Crippen molar-refractivity contribution in [2.75, 3.05) is 20.4 Å². The molecule has 0 saturated carbocycles. The molecule has 7 heteroatoms. The Kier molecular flexibility index (Phi) is 4.88. The number of rotatable bonds is 4. The van der Waals surface area contributed by atoms with E-state index in [1.807, 2.05) is 53.4 Å². The third-order valence-corrected chi connectivity index (χ3v) is 6.33. The maximum absolute atomic E-state index is 12.7. The Bertz CT molecular complexity index is 1120. The molecule has 0 atom stereocenters. The number of hydrogen-bond acceptors (Lipinski definition) is 6. The van der Waals surface area contributed by atoms with E-state index in [0.717, 1.165) is 44.6 Å². The first-order chi connectivity index (χ1) is 14.7. The van der Waals surface area contributed by atoms with Gasteiger partial charge in [-0.2, -0.15) is 0 Å². The summed E-state index contributed by atoms with van der Waals surface area (Å²) in [4.78, 5) is 20.5. The van der Waals surface area contributed by atoms with Crippen LogP contribution in [0.1, 0.15) is 16.1 Å². The summed E-state index contributed by atoms with van der Waals surface area (Å²) in [6.07, 6.45) is 4.20. The van der Waals surface area contributed by atoms with Crippen LogP contribution in [0.3, 0.4) is 0 Å². The average Bonchev–Trinajstić information content (AvgIpc) is 3.43. The fourth-order valence-corrected chi connectivity index (χ4v) is 4.66. The normalized spacial score (nSPS) is 14.8. The van der Waals surface area contributed by atoms with Crippen molar-refractivity contribution in [3.63, 3.8) is 0 Å². The molecule has 2 aliphatic heterocycles. The number of thiazole rings is 1. The minimum Gasteiger partial charge on any atom is -0.497 e. The van der Waals surface area contributed by atoms with Crippen molar-refractivity contribution in [3.05, 3.63) is 64.7 Å². The third-order valence-electron chi connectivity index (χ3n) is 5.19. The van der Waals surface area contributed by atoms with Crippen molar-refractivity contribution >= 4 is 23.3 Å². The molecule has 6 nitrogen and oxygen atoms in total. The number of amides is 1. The van der Waals surface area contributed by atoms with Crippen LogP contribution in [-0.2, 0) is 17.8 Å². The molecule has 152 valence electrons. The molecule has 0 fully saturated rings. The van der Waals surface area contributed by atoms with Gasteiger partial charge in [0.2, 0.25) is 12.7 Å². The van der Waals surface area contributed by atoms with Crippen LogP contribution in [0.2, 0.25) is 0 Å². The predicted molar refractivity (Wildman–Crippen MR) is 115 cm³/mol. The van der Waals surface area contributed by atoms with E-state index in [9.17, 15) is 4.79 Å². The van der Waals surface area contributed by atoms with E-state index in [1.165, 1.54) is 0 Å². The molecule has 0 unspecified atom stereocenters. The fraction of sp³-hybridized carbons (Fsp3) is 0.217. The molecule has 1 amide bonds. The SMILES string of the molecule is COc1ccc(-c2nc3c(s2)CN(C(=O)/C=C/c2ccc4c(c2)OCO4)CC3)cc1. The highest BCUT2D eigenvalue weighted by atomic mass is 32.1. The molecule has 2 aliphatic rings. The summed E-state index contributed by atoms with van der Waals surface area (Å²) in [6.45, 7) is 1.50. The van der Waals surface area contributed by atoms with Crippen LogP contribution in [0.25, 0.3) is 16.6 Å². The van der Waals surface area contributed by atoms with Crippen molar-refractivity contribution in [2.45, 2.75) is 13.0 Å². The Morgan fingerprint density at radius 2 is 2.00 bits per heavy atom. The number of carbonyl (C=O) groups is 1. The topological polar surface area (TPSA) is 60.9 Å². The zero-order valence-corrected chi connectivity index (χ0v) is 17.3. The van der Waals surface area contributed by atoms with Crippen molar-refractivity contribution in [1.29, 1.82) is 0 Å². The first kappa shape index (κ1) is 18.7. The maximum atomic E-state index is 12.7.